The minimum absolute atomic E-state index is 0.00418. The van der Waals surface area contributed by atoms with E-state index in [4.69, 9.17) is 0 Å². The minimum Gasteiger partial charge on any atom is -0.341 e. The van der Waals surface area contributed by atoms with Crippen molar-refractivity contribution in [3.63, 3.8) is 0 Å². The minimum atomic E-state index is -0.467. The van der Waals surface area contributed by atoms with Crippen molar-refractivity contribution in [3.05, 3.63) is 34.4 Å². The third-order valence-electron chi connectivity index (χ3n) is 2.41. The summed E-state index contributed by atoms with van der Waals surface area (Å²) >= 11 is 0. The molecule has 1 aromatic carbocycles. The van der Waals surface area contributed by atoms with Gasteiger partial charge in [-0.15, -0.1) is 0 Å². The van der Waals surface area contributed by atoms with E-state index < -0.39 is 10.5 Å². The van der Waals surface area contributed by atoms with Crippen LogP contribution < -0.4 is 10.2 Å². The molecule has 0 bridgehead atoms. The van der Waals surface area contributed by atoms with Crippen LogP contribution in [-0.2, 0) is 0 Å². The number of non-ortho nitro benzene ring substituents is 1. The third kappa shape index (κ3) is 2.97. The molecule has 6 heteroatoms. The van der Waals surface area contributed by atoms with Gasteiger partial charge in [-0.3, -0.25) is 15.0 Å². The summed E-state index contributed by atoms with van der Waals surface area (Å²) in [7, 11) is 1.55. The molecule has 0 aromatic heterocycles. The summed E-state index contributed by atoms with van der Waals surface area (Å²) in [5.74, 6) is 0. The molecule has 2 amide bonds. The molecule has 0 heterocycles. The number of hydrogen-bond donors (Lipinski definition) is 1. The van der Waals surface area contributed by atoms with Crippen molar-refractivity contribution in [2.45, 2.75) is 26.3 Å². The van der Waals surface area contributed by atoms with Gasteiger partial charge in [-0.1, -0.05) is 0 Å². The Hall–Kier alpha value is -2.11. The summed E-state index contributed by atoms with van der Waals surface area (Å²) in [5.41, 5.74) is 0.202. The second-order valence-corrected chi connectivity index (χ2v) is 4.83. The zero-order valence-corrected chi connectivity index (χ0v) is 10.9. The van der Waals surface area contributed by atoms with Gasteiger partial charge in [0.25, 0.3) is 5.69 Å². The van der Waals surface area contributed by atoms with Crippen LogP contribution in [0.1, 0.15) is 20.8 Å². The molecule has 1 aromatic rings. The van der Waals surface area contributed by atoms with Crippen LogP contribution in [0.3, 0.4) is 0 Å². The summed E-state index contributed by atoms with van der Waals surface area (Å²) in [4.78, 5) is 23.5. The average Bonchev–Trinajstić information content (AvgIpc) is 2.27. The van der Waals surface area contributed by atoms with Gasteiger partial charge in [0.05, 0.1) is 4.92 Å². The van der Waals surface area contributed by atoms with E-state index in [2.05, 4.69) is 5.32 Å². The first-order valence-corrected chi connectivity index (χ1v) is 5.54. The highest BCUT2D eigenvalue weighted by Gasteiger charge is 2.27. The first kappa shape index (κ1) is 14.0. The van der Waals surface area contributed by atoms with Crippen molar-refractivity contribution >= 4 is 17.4 Å². The first-order chi connectivity index (χ1) is 8.27. The van der Waals surface area contributed by atoms with Gasteiger partial charge in [-0.2, -0.15) is 0 Å². The van der Waals surface area contributed by atoms with Crippen LogP contribution >= 0.6 is 0 Å². The topological polar surface area (TPSA) is 75.5 Å². The van der Waals surface area contributed by atoms with Crippen molar-refractivity contribution in [1.82, 2.24) is 5.32 Å². The summed E-state index contributed by atoms with van der Waals surface area (Å²) in [6, 6.07) is 5.65. The summed E-state index contributed by atoms with van der Waals surface area (Å²) < 4.78 is 0. The van der Waals surface area contributed by atoms with E-state index in [-0.39, 0.29) is 11.7 Å². The van der Waals surface area contributed by atoms with Crippen LogP contribution in [0, 0.1) is 10.1 Å². The van der Waals surface area contributed by atoms with Gasteiger partial charge in [-0.05, 0) is 32.9 Å². The molecule has 0 atom stereocenters. The fourth-order valence-corrected chi connectivity index (χ4v) is 1.64. The maximum absolute atomic E-state index is 11.9. The highest BCUT2D eigenvalue weighted by Crippen LogP contribution is 2.25. The highest BCUT2D eigenvalue weighted by atomic mass is 16.6. The van der Waals surface area contributed by atoms with E-state index in [0.29, 0.717) is 5.69 Å². The van der Waals surface area contributed by atoms with Crippen LogP contribution in [0.25, 0.3) is 0 Å². The van der Waals surface area contributed by atoms with E-state index in [1.54, 1.807) is 24.1 Å². The van der Waals surface area contributed by atoms with Crippen molar-refractivity contribution in [2.75, 3.05) is 11.9 Å². The Labute approximate surface area is 106 Å². The van der Waals surface area contributed by atoms with Crippen molar-refractivity contribution in [3.8, 4) is 0 Å². The molecule has 98 valence electrons. The molecular weight excluding hydrogens is 234 g/mol. The largest absolute Gasteiger partial charge is 0.341 e. The molecule has 0 aliphatic rings. The lowest BCUT2D eigenvalue weighted by Crippen LogP contribution is -2.49. The fourth-order valence-electron chi connectivity index (χ4n) is 1.64. The molecule has 0 fully saturated rings. The lowest BCUT2D eigenvalue weighted by molar-refractivity contribution is -0.384. The smallest absolute Gasteiger partial charge is 0.322 e. The molecule has 0 aliphatic heterocycles. The zero-order valence-electron chi connectivity index (χ0n) is 10.9. The van der Waals surface area contributed by atoms with Gasteiger partial charge in [0.2, 0.25) is 0 Å². The van der Waals surface area contributed by atoms with Gasteiger partial charge >= 0.3 is 6.03 Å². The lowest BCUT2D eigenvalue weighted by Gasteiger charge is -2.35. The number of amides is 2. The maximum Gasteiger partial charge on any atom is 0.322 e. The van der Waals surface area contributed by atoms with Crippen molar-refractivity contribution in [2.24, 2.45) is 0 Å². The SMILES string of the molecule is CNC(=O)N(c1ccc([N+](=O)[O-])cc1)C(C)(C)C. The molecule has 18 heavy (non-hydrogen) atoms. The second kappa shape index (κ2) is 5.03. The van der Waals surface area contributed by atoms with Gasteiger partial charge < -0.3 is 5.32 Å². The molecule has 1 rings (SSSR count). The molecule has 0 spiro atoms. The Balaban J connectivity index is 3.14. The second-order valence-electron chi connectivity index (χ2n) is 4.83. The Bertz CT molecular complexity index is 449. The van der Waals surface area contributed by atoms with Gasteiger partial charge in [0, 0.05) is 30.4 Å². The molecule has 0 radical (unpaired) electrons. The number of nitrogens with one attached hydrogen (secondary N) is 1. The number of nitro benzene ring substituents is 1. The zero-order chi connectivity index (χ0) is 13.9. The standard InChI is InChI=1S/C12H17N3O3/c1-12(2,3)14(11(16)13-4)9-5-7-10(8-6-9)15(17)18/h5-8H,1-4H3,(H,13,16). The quantitative estimate of drug-likeness (QED) is 0.648. The fraction of sp³-hybridized carbons (Fsp3) is 0.417. The number of urea groups is 1. The summed E-state index contributed by atoms with van der Waals surface area (Å²) in [5, 5.41) is 13.1. The molecule has 1 N–H and O–H groups in total. The molecule has 0 saturated heterocycles. The van der Waals surface area contributed by atoms with Crippen molar-refractivity contribution in [1.29, 1.82) is 0 Å². The van der Waals surface area contributed by atoms with Crippen LogP contribution in [-0.4, -0.2) is 23.5 Å². The Kier molecular flexibility index (Phi) is 3.90. The van der Waals surface area contributed by atoms with Gasteiger partial charge in [0.15, 0.2) is 0 Å². The number of benzene rings is 1. The van der Waals surface area contributed by atoms with E-state index in [1.807, 2.05) is 20.8 Å². The predicted octanol–water partition coefficient (Wildman–Crippen LogP) is 2.54. The third-order valence-corrected chi connectivity index (χ3v) is 2.41. The van der Waals surface area contributed by atoms with Crippen LogP contribution in [0.15, 0.2) is 24.3 Å². The highest BCUT2D eigenvalue weighted by molar-refractivity contribution is 5.93. The Morgan fingerprint density at radius 2 is 1.78 bits per heavy atom. The molecule has 0 aliphatic carbocycles. The maximum atomic E-state index is 11.9. The van der Waals surface area contributed by atoms with E-state index in [9.17, 15) is 14.9 Å². The van der Waals surface area contributed by atoms with Crippen LogP contribution in [0.2, 0.25) is 0 Å². The number of carbonyl (C=O) groups excluding carboxylic acids is 1. The lowest BCUT2D eigenvalue weighted by atomic mass is 10.1. The predicted molar refractivity (Wildman–Crippen MR) is 69.8 cm³/mol. The van der Waals surface area contributed by atoms with Crippen LogP contribution in [0.4, 0.5) is 16.2 Å². The summed E-state index contributed by atoms with van der Waals surface area (Å²) in [6.45, 7) is 5.68. The average molecular weight is 251 g/mol. The number of nitro groups is 1. The number of rotatable bonds is 2. The Morgan fingerprint density at radius 3 is 2.11 bits per heavy atom. The molecular formula is C12H17N3O3. The van der Waals surface area contributed by atoms with E-state index in [1.165, 1.54) is 12.1 Å². The number of hydrogen-bond acceptors (Lipinski definition) is 3. The molecule has 0 unspecified atom stereocenters. The summed E-state index contributed by atoms with van der Waals surface area (Å²) in [6.07, 6.45) is 0. The monoisotopic (exact) mass is 251 g/mol. The first-order valence-electron chi connectivity index (χ1n) is 5.54. The number of carbonyl (C=O) groups is 1. The van der Waals surface area contributed by atoms with Crippen molar-refractivity contribution < 1.29 is 9.72 Å². The number of anilines is 1. The normalized spacial score (nSPS) is 10.9. The van der Waals surface area contributed by atoms with Gasteiger partial charge in [0.1, 0.15) is 0 Å². The van der Waals surface area contributed by atoms with E-state index in [0.717, 1.165) is 0 Å². The Morgan fingerprint density at radius 1 is 1.28 bits per heavy atom. The number of nitrogens with zero attached hydrogens (tertiary/aromatic N) is 2. The van der Waals surface area contributed by atoms with E-state index >= 15 is 0 Å². The molecule has 6 nitrogen and oxygen atoms in total. The van der Waals surface area contributed by atoms with Gasteiger partial charge in [-0.25, -0.2) is 4.79 Å². The molecule has 0 saturated carbocycles. The van der Waals surface area contributed by atoms with Crippen LogP contribution in [0.5, 0.6) is 0 Å².